The molecule has 1 amide bonds. The number of halogens is 1. The van der Waals surface area contributed by atoms with Crippen LogP contribution in [0.4, 0.5) is 10.1 Å². The lowest BCUT2D eigenvalue weighted by atomic mass is 10.1. The van der Waals surface area contributed by atoms with Crippen LogP contribution >= 0.6 is 0 Å². The predicted octanol–water partition coefficient (Wildman–Crippen LogP) is 2.45. The van der Waals surface area contributed by atoms with Gasteiger partial charge in [-0.2, -0.15) is 0 Å². The number of amides is 1. The largest absolute Gasteiger partial charge is 0.331 e. The molecule has 4 rings (SSSR count). The number of hydrogen-bond acceptors (Lipinski definition) is 5. The lowest BCUT2D eigenvalue weighted by Crippen LogP contribution is -2.30. The number of nitrogens with zero attached hydrogens (tertiary/aromatic N) is 4. The standard InChI is InChI=1S/C22H18FN5O3/c1-13-25-18-8-5-15(23)11-17(18)22(31)28(13)12-19(29)26-16-6-3-14(4-7-16)20(30)21-24-9-10-27(21)2/h3-11H,12H2,1-2H3,(H,26,29). The number of rotatable bonds is 5. The Balaban J connectivity index is 1.51. The molecular weight excluding hydrogens is 401 g/mol. The summed E-state index contributed by atoms with van der Waals surface area (Å²) in [5.41, 5.74) is 0.772. The molecule has 0 unspecified atom stereocenters. The fourth-order valence-corrected chi connectivity index (χ4v) is 3.25. The van der Waals surface area contributed by atoms with Crippen molar-refractivity contribution in [2.45, 2.75) is 13.5 Å². The first-order valence-corrected chi connectivity index (χ1v) is 9.42. The molecule has 0 bridgehead atoms. The third-order valence-electron chi connectivity index (χ3n) is 4.86. The van der Waals surface area contributed by atoms with E-state index in [1.807, 2.05) is 0 Å². The number of fused-ring (bicyclic) bond motifs is 1. The van der Waals surface area contributed by atoms with E-state index < -0.39 is 17.3 Å². The van der Waals surface area contributed by atoms with Crippen LogP contribution in [0, 0.1) is 12.7 Å². The summed E-state index contributed by atoms with van der Waals surface area (Å²) < 4.78 is 16.3. The van der Waals surface area contributed by atoms with Crippen LogP contribution in [-0.2, 0) is 18.4 Å². The molecule has 2 heterocycles. The second-order valence-electron chi connectivity index (χ2n) is 7.03. The Morgan fingerprint density at radius 1 is 1.13 bits per heavy atom. The van der Waals surface area contributed by atoms with Gasteiger partial charge in [-0.1, -0.05) is 0 Å². The first-order valence-electron chi connectivity index (χ1n) is 9.42. The zero-order valence-corrected chi connectivity index (χ0v) is 16.8. The highest BCUT2D eigenvalue weighted by molar-refractivity contribution is 6.07. The maximum absolute atomic E-state index is 13.5. The summed E-state index contributed by atoms with van der Waals surface area (Å²) in [5.74, 6) is -0.582. The Labute approximate surface area is 176 Å². The van der Waals surface area contributed by atoms with Gasteiger partial charge in [-0.25, -0.2) is 14.4 Å². The average Bonchev–Trinajstić information content (AvgIpc) is 3.17. The quantitative estimate of drug-likeness (QED) is 0.501. The second kappa shape index (κ2) is 7.94. The molecular formula is C22H18FN5O3. The van der Waals surface area contributed by atoms with Gasteiger partial charge in [-0.05, 0) is 49.4 Å². The first-order chi connectivity index (χ1) is 14.8. The fourth-order valence-electron chi connectivity index (χ4n) is 3.25. The summed E-state index contributed by atoms with van der Waals surface area (Å²) >= 11 is 0. The Morgan fingerprint density at radius 3 is 2.55 bits per heavy atom. The van der Waals surface area contributed by atoms with E-state index in [9.17, 15) is 18.8 Å². The van der Waals surface area contributed by atoms with Crippen molar-refractivity contribution in [3.8, 4) is 0 Å². The summed E-state index contributed by atoms with van der Waals surface area (Å²) in [4.78, 5) is 45.9. The van der Waals surface area contributed by atoms with E-state index >= 15 is 0 Å². The number of carbonyl (C=O) groups excluding carboxylic acids is 2. The lowest BCUT2D eigenvalue weighted by Gasteiger charge is -2.11. The van der Waals surface area contributed by atoms with Gasteiger partial charge >= 0.3 is 0 Å². The van der Waals surface area contributed by atoms with Crippen molar-refractivity contribution in [2.75, 3.05) is 5.32 Å². The Kier molecular flexibility index (Phi) is 5.16. The van der Waals surface area contributed by atoms with Crippen molar-refractivity contribution in [1.82, 2.24) is 19.1 Å². The van der Waals surface area contributed by atoms with E-state index in [4.69, 9.17) is 0 Å². The average molecular weight is 419 g/mol. The molecule has 9 heteroatoms. The van der Waals surface area contributed by atoms with Crippen LogP contribution in [0.15, 0.2) is 59.7 Å². The number of imidazole rings is 1. The van der Waals surface area contributed by atoms with Crippen LogP contribution < -0.4 is 10.9 Å². The van der Waals surface area contributed by atoms with Crippen LogP contribution in [0.5, 0.6) is 0 Å². The topological polar surface area (TPSA) is 98.9 Å². The normalized spacial score (nSPS) is 10.9. The van der Waals surface area contributed by atoms with Crippen molar-refractivity contribution in [2.24, 2.45) is 7.05 Å². The van der Waals surface area contributed by atoms with Crippen molar-refractivity contribution >= 4 is 28.3 Å². The predicted molar refractivity (Wildman–Crippen MR) is 112 cm³/mol. The van der Waals surface area contributed by atoms with Crippen molar-refractivity contribution in [1.29, 1.82) is 0 Å². The van der Waals surface area contributed by atoms with Gasteiger partial charge in [0.2, 0.25) is 11.7 Å². The van der Waals surface area contributed by atoms with E-state index in [1.165, 1.54) is 16.7 Å². The molecule has 0 radical (unpaired) electrons. The SMILES string of the molecule is Cc1nc2ccc(F)cc2c(=O)n1CC(=O)Nc1ccc(C(=O)c2nccn2C)cc1. The summed E-state index contributed by atoms with van der Waals surface area (Å²) in [6, 6.07) is 10.1. The molecule has 4 aromatic rings. The molecule has 8 nitrogen and oxygen atoms in total. The summed E-state index contributed by atoms with van der Waals surface area (Å²) in [5, 5.41) is 2.79. The number of carbonyl (C=O) groups is 2. The Bertz CT molecular complexity index is 1370. The molecule has 31 heavy (non-hydrogen) atoms. The molecule has 0 aliphatic carbocycles. The van der Waals surface area contributed by atoms with Crippen LogP contribution in [-0.4, -0.2) is 30.8 Å². The molecule has 2 aromatic carbocycles. The van der Waals surface area contributed by atoms with Crippen LogP contribution in [0.2, 0.25) is 0 Å². The van der Waals surface area contributed by atoms with Crippen LogP contribution in [0.1, 0.15) is 22.0 Å². The van der Waals surface area contributed by atoms with E-state index in [1.54, 1.807) is 55.2 Å². The molecule has 0 aliphatic heterocycles. The van der Waals surface area contributed by atoms with Gasteiger partial charge in [0.1, 0.15) is 18.2 Å². The third-order valence-corrected chi connectivity index (χ3v) is 4.86. The van der Waals surface area contributed by atoms with Crippen molar-refractivity contribution in [3.63, 3.8) is 0 Å². The first kappa shape index (κ1) is 20.1. The van der Waals surface area contributed by atoms with Gasteiger partial charge in [-0.3, -0.25) is 19.0 Å². The Morgan fingerprint density at radius 2 is 1.87 bits per heavy atom. The van der Waals surface area contributed by atoms with Crippen LogP contribution in [0.3, 0.4) is 0 Å². The monoisotopic (exact) mass is 419 g/mol. The smallest absolute Gasteiger partial charge is 0.261 e. The molecule has 0 spiro atoms. The zero-order chi connectivity index (χ0) is 22.1. The van der Waals surface area contributed by atoms with E-state index in [2.05, 4.69) is 15.3 Å². The minimum absolute atomic E-state index is 0.107. The molecule has 0 saturated carbocycles. The number of benzene rings is 2. The fraction of sp³-hybridized carbons (Fsp3) is 0.136. The van der Waals surface area contributed by atoms with Gasteiger partial charge < -0.3 is 9.88 Å². The van der Waals surface area contributed by atoms with E-state index in [-0.39, 0.29) is 17.7 Å². The maximum Gasteiger partial charge on any atom is 0.261 e. The third kappa shape index (κ3) is 3.97. The highest BCUT2D eigenvalue weighted by Gasteiger charge is 2.15. The van der Waals surface area contributed by atoms with E-state index in [0.717, 1.165) is 6.07 Å². The zero-order valence-electron chi connectivity index (χ0n) is 16.8. The summed E-state index contributed by atoms with van der Waals surface area (Å²) in [6.07, 6.45) is 3.23. The molecule has 2 aromatic heterocycles. The van der Waals surface area contributed by atoms with Crippen molar-refractivity contribution < 1.29 is 14.0 Å². The number of nitrogens with one attached hydrogen (secondary N) is 1. The van der Waals surface area contributed by atoms with Crippen LogP contribution in [0.25, 0.3) is 10.9 Å². The van der Waals surface area contributed by atoms with Gasteiger partial charge in [0.05, 0.1) is 10.9 Å². The molecule has 0 fully saturated rings. The molecule has 156 valence electrons. The Hall–Kier alpha value is -4.14. The lowest BCUT2D eigenvalue weighted by molar-refractivity contribution is -0.116. The summed E-state index contributed by atoms with van der Waals surface area (Å²) in [7, 11) is 1.73. The van der Waals surface area contributed by atoms with Gasteiger partial charge in [-0.15, -0.1) is 0 Å². The van der Waals surface area contributed by atoms with Gasteiger partial charge in [0, 0.05) is 30.7 Å². The van der Waals surface area contributed by atoms with Gasteiger partial charge in [0.15, 0.2) is 5.82 Å². The highest BCUT2D eigenvalue weighted by Crippen LogP contribution is 2.14. The van der Waals surface area contributed by atoms with Crippen molar-refractivity contribution in [3.05, 3.63) is 88.2 Å². The molecule has 1 N–H and O–H groups in total. The molecule has 0 saturated heterocycles. The minimum atomic E-state index is -0.550. The number of aryl methyl sites for hydroxylation is 2. The number of aromatic nitrogens is 4. The second-order valence-corrected chi connectivity index (χ2v) is 7.03. The number of anilines is 1. The maximum atomic E-state index is 13.5. The molecule has 0 atom stereocenters. The van der Waals surface area contributed by atoms with Gasteiger partial charge in [0.25, 0.3) is 5.56 Å². The minimum Gasteiger partial charge on any atom is -0.331 e. The molecule has 0 aliphatic rings. The highest BCUT2D eigenvalue weighted by atomic mass is 19.1. The van der Waals surface area contributed by atoms with E-state index in [0.29, 0.717) is 28.4 Å². The summed E-state index contributed by atoms with van der Waals surface area (Å²) in [6.45, 7) is 1.33. The number of hydrogen-bond donors (Lipinski definition) is 1. The number of ketones is 1.